The van der Waals surface area contributed by atoms with Crippen molar-refractivity contribution < 1.29 is 14.7 Å². The van der Waals surface area contributed by atoms with E-state index in [0.717, 1.165) is 11.3 Å². The molecule has 0 fully saturated rings. The van der Waals surface area contributed by atoms with Gasteiger partial charge >= 0.3 is 0 Å². The molecule has 0 amide bonds. The highest BCUT2D eigenvalue weighted by atomic mass is 16.5. The molecule has 0 aromatic heterocycles. The first-order chi connectivity index (χ1) is 8.13. The average Bonchev–Trinajstić information content (AvgIpc) is 2.34. The summed E-state index contributed by atoms with van der Waals surface area (Å²) in [5, 5.41) is 11.8. The Morgan fingerprint density at radius 3 is 2.76 bits per heavy atom. The zero-order valence-electron chi connectivity index (χ0n) is 10.5. The fourth-order valence-corrected chi connectivity index (χ4v) is 1.31. The molecule has 94 valence electrons. The number of rotatable bonds is 6. The second-order valence-electron chi connectivity index (χ2n) is 3.98. The van der Waals surface area contributed by atoms with E-state index >= 15 is 0 Å². The van der Waals surface area contributed by atoms with E-state index in [4.69, 9.17) is 14.7 Å². The maximum Gasteiger partial charge on any atom is 0.120 e. The molecule has 0 heterocycles. The summed E-state index contributed by atoms with van der Waals surface area (Å²) in [5.41, 5.74) is 1.41. The first-order valence-corrected chi connectivity index (χ1v) is 5.67. The monoisotopic (exact) mass is 237 g/mol. The summed E-state index contributed by atoms with van der Waals surface area (Å²) in [5.74, 6) is 0.748. The number of oxime groups is 1. The third-order valence-corrected chi connectivity index (χ3v) is 2.21. The van der Waals surface area contributed by atoms with Gasteiger partial charge in [0.2, 0.25) is 0 Å². The van der Waals surface area contributed by atoms with Crippen molar-refractivity contribution >= 4 is 5.71 Å². The highest BCUT2D eigenvalue weighted by Crippen LogP contribution is 2.14. The molecule has 4 heteroatoms. The third kappa shape index (κ3) is 4.87. The van der Waals surface area contributed by atoms with Crippen LogP contribution < -0.4 is 4.74 Å². The Morgan fingerprint density at radius 1 is 1.35 bits per heavy atom. The van der Waals surface area contributed by atoms with Gasteiger partial charge in [-0.25, -0.2) is 0 Å². The molecule has 0 aliphatic carbocycles. The average molecular weight is 237 g/mol. The van der Waals surface area contributed by atoms with Crippen LogP contribution in [0.2, 0.25) is 0 Å². The van der Waals surface area contributed by atoms with E-state index < -0.39 is 0 Å². The van der Waals surface area contributed by atoms with Gasteiger partial charge in [0.25, 0.3) is 0 Å². The van der Waals surface area contributed by atoms with E-state index in [9.17, 15) is 0 Å². The minimum atomic E-state index is 0.216. The SMILES string of the molecule is CC(=NO)c1cccc(OCCOC(C)C)c1. The zero-order chi connectivity index (χ0) is 12.7. The van der Waals surface area contributed by atoms with Crippen LogP contribution in [0.3, 0.4) is 0 Å². The van der Waals surface area contributed by atoms with Gasteiger partial charge in [0.05, 0.1) is 18.4 Å². The van der Waals surface area contributed by atoms with Crippen molar-refractivity contribution in [3.05, 3.63) is 29.8 Å². The molecule has 0 unspecified atom stereocenters. The van der Waals surface area contributed by atoms with Gasteiger partial charge in [-0.15, -0.1) is 0 Å². The van der Waals surface area contributed by atoms with Crippen LogP contribution in [0.4, 0.5) is 0 Å². The van der Waals surface area contributed by atoms with Gasteiger partial charge in [-0.2, -0.15) is 0 Å². The predicted molar refractivity (Wildman–Crippen MR) is 67.0 cm³/mol. The lowest BCUT2D eigenvalue weighted by Crippen LogP contribution is -2.11. The first kappa shape index (κ1) is 13.5. The minimum absolute atomic E-state index is 0.216. The van der Waals surface area contributed by atoms with Crippen molar-refractivity contribution in [2.45, 2.75) is 26.9 Å². The van der Waals surface area contributed by atoms with E-state index in [1.165, 1.54) is 0 Å². The van der Waals surface area contributed by atoms with Gasteiger partial charge in [0.15, 0.2) is 0 Å². The van der Waals surface area contributed by atoms with Crippen molar-refractivity contribution in [1.82, 2.24) is 0 Å². The van der Waals surface area contributed by atoms with Gasteiger partial charge in [0, 0.05) is 5.56 Å². The second kappa shape index (κ2) is 6.91. The van der Waals surface area contributed by atoms with Gasteiger partial charge in [0.1, 0.15) is 12.4 Å². The fourth-order valence-electron chi connectivity index (χ4n) is 1.31. The summed E-state index contributed by atoms with van der Waals surface area (Å²) < 4.78 is 10.9. The molecule has 1 aromatic rings. The Morgan fingerprint density at radius 2 is 2.12 bits per heavy atom. The van der Waals surface area contributed by atoms with Crippen LogP contribution >= 0.6 is 0 Å². The van der Waals surface area contributed by atoms with Gasteiger partial charge in [-0.3, -0.25) is 0 Å². The largest absolute Gasteiger partial charge is 0.491 e. The van der Waals surface area contributed by atoms with Crippen LogP contribution in [-0.4, -0.2) is 30.2 Å². The summed E-state index contributed by atoms with van der Waals surface area (Å²) >= 11 is 0. The molecule has 1 N–H and O–H groups in total. The molecule has 0 radical (unpaired) electrons. The normalized spacial score (nSPS) is 11.9. The number of hydrogen-bond donors (Lipinski definition) is 1. The van der Waals surface area contributed by atoms with E-state index in [1.807, 2.05) is 38.1 Å². The predicted octanol–water partition coefficient (Wildman–Crippen LogP) is 2.69. The van der Waals surface area contributed by atoms with E-state index in [0.29, 0.717) is 18.9 Å². The Kier molecular flexibility index (Phi) is 5.49. The zero-order valence-corrected chi connectivity index (χ0v) is 10.5. The number of ether oxygens (including phenoxy) is 2. The molecule has 0 aliphatic rings. The van der Waals surface area contributed by atoms with Crippen LogP contribution in [-0.2, 0) is 4.74 Å². The Labute approximate surface area is 102 Å². The highest BCUT2D eigenvalue weighted by molar-refractivity contribution is 5.98. The first-order valence-electron chi connectivity index (χ1n) is 5.67. The number of nitrogens with zero attached hydrogens (tertiary/aromatic N) is 1. The van der Waals surface area contributed by atoms with Crippen molar-refractivity contribution in [3.8, 4) is 5.75 Å². The van der Waals surface area contributed by atoms with Gasteiger partial charge in [-0.05, 0) is 32.9 Å². The summed E-state index contributed by atoms with van der Waals surface area (Å²) in [6, 6.07) is 7.43. The van der Waals surface area contributed by atoms with Crippen molar-refractivity contribution in [2.24, 2.45) is 5.16 Å². The third-order valence-electron chi connectivity index (χ3n) is 2.21. The molecular weight excluding hydrogens is 218 g/mol. The summed E-state index contributed by atoms with van der Waals surface area (Å²) in [6.45, 7) is 6.79. The molecule has 1 rings (SSSR count). The molecule has 0 spiro atoms. The fraction of sp³-hybridized carbons (Fsp3) is 0.462. The van der Waals surface area contributed by atoms with Crippen LogP contribution in [0.15, 0.2) is 29.4 Å². The summed E-state index contributed by atoms with van der Waals surface area (Å²) in [7, 11) is 0. The van der Waals surface area contributed by atoms with E-state index in [2.05, 4.69) is 5.16 Å². The topological polar surface area (TPSA) is 51.1 Å². The van der Waals surface area contributed by atoms with Gasteiger partial charge < -0.3 is 14.7 Å². The summed E-state index contributed by atoms with van der Waals surface area (Å²) in [4.78, 5) is 0. The molecule has 4 nitrogen and oxygen atoms in total. The highest BCUT2D eigenvalue weighted by Gasteiger charge is 2.00. The molecule has 0 bridgehead atoms. The lowest BCUT2D eigenvalue weighted by Gasteiger charge is -2.10. The lowest BCUT2D eigenvalue weighted by atomic mass is 10.1. The molecular formula is C13H19NO3. The van der Waals surface area contributed by atoms with Crippen LogP contribution in [0, 0.1) is 0 Å². The van der Waals surface area contributed by atoms with E-state index in [1.54, 1.807) is 6.92 Å². The molecule has 0 aliphatic heterocycles. The smallest absolute Gasteiger partial charge is 0.120 e. The Bertz CT molecular complexity index is 375. The Balaban J connectivity index is 2.49. The van der Waals surface area contributed by atoms with Gasteiger partial charge in [-0.1, -0.05) is 17.3 Å². The van der Waals surface area contributed by atoms with Crippen LogP contribution in [0.25, 0.3) is 0 Å². The number of benzene rings is 1. The lowest BCUT2D eigenvalue weighted by molar-refractivity contribution is 0.0552. The number of hydrogen-bond acceptors (Lipinski definition) is 4. The minimum Gasteiger partial charge on any atom is -0.491 e. The second-order valence-corrected chi connectivity index (χ2v) is 3.98. The molecule has 17 heavy (non-hydrogen) atoms. The maximum absolute atomic E-state index is 8.68. The van der Waals surface area contributed by atoms with Crippen LogP contribution in [0.1, 0.15) is 26.3 Å². The quantitative estimate of drug-likeness (QED) is 0.358. The molecule has 0 atom stereocenters. The summed E-state index contributed by atoms with van der Waals surface area (Å²) in [6.07, 6.45) is 0.216. The van der Waals surface area contributed by atoms with E-state index in [-0.39, 0.29) is 6.10 Å². The molecule has 1 aromatic carbocycles. The van der Waals surface area contributed by atoms with Crippen molar-refractivity contribution in [2.75, 3.05) is 13.2 Å². The van der Waals surface area contributed by atoms with Crippen molar-refractivity contribution in [1.29, 1.82) is 0 Å². The standard InChI is InChI=1S/C13H19NO3/c1-10(2)16-7-8-17-13-6-4-5-12(9-13)11(3)14-15/h4-6,9-10,15H,7-8H2,1-3H3. The van der Waals surface area contributed by atoms with Crippen molar-refractivity contribution in [3.63, 3.8) is 0 Å². The maximum atomic E-state index is 8.68. The van der Waals surface area contributed by atoms with Crippen LogP contribution in [0.5, 0.6) is 5.75 Å². The molecule has 0 saturated carbocycles. The molecule has 0 saturated heterocycles. The Hall–Kier alpha value is -1.55.